The van der Waals surface area contributed by atoms with Crippen molar-refractivity contribution >= 4 is 0 Å². The van der Waals surface area contributed by atoms with Crippen molar-refractivity contribution in [1.29, 1.82) is 0 Å². The summed E-state index contributed by atoms with van der Waals surface area (Å²) < 4.78 is 1.91. The minimum absolute atomic E-state index is 0.127. The number of rotatable bonds is 7. The Kier molecular flexibility index (Phi) is 5.75. The van der Waals surface area contributed by atoms with E-state index in [1.807, 2.05) is 4.68 Å². The third-order valence-corrected chi connectivity index (χ3v) is 4.16. The zero-order valence-electron chi connectivity index (χ0n) is 14.1. The van der Waals surface area contributed by atoms with E-state index in [1.54, 1.807) is 0 Å². The Balaban J connectivity index is 2.13. The molecule has 1 heterocycles. The van der Waals surface area contributed by atoms with Crippen LogP contribution < -0.4 is 0 Å². The van der Waals surface area contributed by atoms with E-state index in [1.165, 1.54) is 16.7 Å². The van der Waals surface area contributed by atoms with Gasteiger partial charge in [0.15, 0.2) is 0 Å². The van der Waals surface area contributed by atoms with Crippen LogP contribution in [-0.2, 0) is 19.6 Å². The first-order chi connectivity index (χ1) is 10.5. The lowest BCUT2D eigenvalue weighted by molar-refractivity contribution is 0.265. The van der Waals surface area contributed by atoms with E-state index in [0.29, 0.717) is 6.54 Å². The molecule has 4 nitrogen and oxygen atoms in total. The number of nitrogens with zero attached hydrogens (tertiary/aromatic N) is 3. The molecular formula is C18H27N3O. The Morgan fingerprint density at radius 3 is 2.59 bits per heavy atom. The minimum Gasteiger partial charge on any atom is -0.394 e. The summed E-state index contributed by atoms with van der Waals surface area (Å²) in [5.74, 6) is 0. The van der Waals surface area contributed by atoms with Crippen LogP contribution in [0.15, 0.2) is 24.3 Å². The van der Waals surface area contributed by atoms with Gasteiger partial charge in [-0.05, 0) is 32.9 Å². The predicted molar refractivity (Wildman–Crippen MR) is 89.8 cm³/mol. The second-order valence-electron chi connectivity index (χ2n) is 5.89. The van der Waals surface area contributed by atoms with Crippen LogP contribution in [0.1, 0.15) is 35.0 Å². The van der Waals surface area contributed by atoms with E-state index in [4.69, 9.17) is 5.11 Å². The van der Waals surface area contributed by atoms with Gasteiger partial charge in [0.2, 0.25) is 0 Å². The third kappa shape index (κ3) is 3.96. The maximum atomic E-state index is 9.12. The summed E-state index contributed by atoms with van der Waals surface area (Å²) in [6, 6.07) is 8.68. The molecule has 0 bridgehead atoms. The van der Waals surface area contributed by atoms with Crippen LogP contribution in [-0.4, -0.2) is 32.9 Å². The van der Waals surface area contributed by atoms with Crippen molar-refractivity contribution in [2.45, 2.75) is 47.3 Å². The number of aromatic nitrogens is 2. The summed E-state index contributed by atoms with van der Waals surface area (Å²) in [5.41, 5.74) is 6.16. The first-order valence-corrected chi connectivity index (χ1v) is 7.96. The number of hydrogen-bond donors (Lipinski definition) is 1. The SMILES string of the molecule is CCN(Cc1cccc(C)c1)Cc1c(C)nn(CCO)c1C. The van der Waals surface area contributed by atoms with Crippen LogP contribution in [0.5, 0.6) is 0 Å². The molecule has 120 valence electrons. The van der Waals surface area contributed by atoms with Crippen molar-refractivity contribution in [3.8, 4) is 0 Å². The van der Waals surface area contributed by atoms with E-state index in [2.05, 4.69) is 62.0 Å². The summed E-state index contributed by atoms with van der Waals surface area (Å²) in [5, 5.41) is 13.7. The Morgan fingerprint density at radius 1 is 1.18 bits per heavy atom. The molecule has 0 saturated heterocycles. The van der Waals surface area contributed by atoms with E-state index < -0.39 is 0 Å². The highest BCUT2D eigenvalue weighted by atomic mass is 16.3. The zero-order valence-corrected chi connectivity index (χ0v) is 14.1. The maximum Gasteiger partial charge on any atom is 0.0644 e. The van der Waals surface area contributed by atoms with Crippen molar-refractivity contribution in [2.75, 3.05) is 13.2 Å². The summed E-state index contributed by atoms with van der Waals surface area (Å²) in [4.78, 5) is 2.43. The highest BCUT2D eigenvalue weighted by Crippen LogP contribution is 2.17. The number of hydrogen-bond acceptors (Lipinski definition) is 3. The molecule has 1 aromatic heterocycles. The van der Waals surface area contributed by atoms with E-state index in [0.717, 1.165) is 31.0 Å². The Morgan fingerprint density at radius 2 is 1.95 bits per heavy atom. The lowest BCUT2D eigenvalue weighted by Crippen LogP contribution is -2.23. The van der Waals surface area contributed by atoms with Gasteiger partial charge in [-0.3, -0.25) is 9.58 Å². The van der Waals surface area contributed by atoms with Crippen molar-refractivity contribution in [2.24, 2.45) is 0 Å². The standard InChI is InChI=1S/C18H27N3O/c1-5-20(12-17-8-6-7-14(2)11-17)13-18-15(3)19-21(9-10-22)16(18)4/h6-8,11,22H,5,9-10,12-13H2,1-4H3. The fraction of sp³-hybridized carbons (Fsp3) is 0.500. The fourth-order valence-corrected chi connectivity index (χ4v) is 2.85. The van der Waals surface area contributed by atoms with E-state index >= 15 is 0 Å². The quantitative estimate of drug-likeness (QED) is 0.855. The number of benzene rings is 1. The Labute approximate surface area is 133 Å². The average molecular weight is 301 g/mol. The molecule has 4 heteroatoms. The smallest absolute Gasteiger partial charge is 0.0644 e. The van der Waals surface area contributed by atoms with Gasteiger partial charge in [0.25, 0.3) is 0 Å². The Hall–Kier alpha value is -1.65. The van der Waals surface area contributed by atoms with Crippen LogP contribution in [0.3, 0.4) is 0 Å². The van der Waals surface area contributed by atoms with Crippen molar-refractivity contribution in [3.63, 3.8) is 0 Å². The van der Waals surface area contributed by atoms with Crippen LogP contribution in [0.25, 0.3) is 0 Å². The molecule has 0 saturated carbocycles. The lowest BCUT2D eigenvalue weighted by atomic mass is 10.1. The molecule has 0 radical (unpaired) electrons. The molecule has 0 aliphatic carbocycles. The van der Waals surface area contributed by atoms with E-state index in [-0.39, 0.29) is 6.61 Å². The van der Waals surface area contributed by atoms with Gasteiger partial charge in [0.05, 0.1) is 18.8 Å². The molecule has 1 aromatic carbocycles. The van der Waals surface area contributed by atoms with Crippen LogP contribution in [0.2, 0.25) is 0 Å². The van der Waals surface area contributed by atoms with Gasteiger partial charge in [0.1, 0.15) is 0 Å². The molecule has 2 aromatic rings. The highest BCUT2D eigenvalue weighted by Gasteiger charge is 2.14. The van der Waals surface area contributed by atoms with Gasteiger partial charge < -0.3 is 5.11 Å². The lowest BCUT2D eigenvalue weighted by Gasteiger charge is -2.21. The van der Waals surface area contributed by atoms with E-state index in [9.17, 15) is 0 Å². The maximum absolute atomic E-state index is 9.12. The molecule has 2 rings (SSSR count). The van der Waals surface area contributed by atoms with Gasteiger partial charge in [-0.15, -0.1) is 0 Å². The summed E-state index contributed by atoms with van der Waals surface area (Å²) in [7, 11) is 0. The molecule has 0 aliphatic rings. The molecule has 0 spiro atoms. The summed E-state index contributed by atoms with van der Waals surface area (Å²) in [6.45, 7) is 12.0. The van der Waals surface area contributed by atoms with Crippen LogP contribution >= 0.6 is 0 Å². The topological polar surface area (TPSA) is 41.3 Å². The van der Waals surface area contributed by atoms with Crippen molar-refractivity contribution < 1.29 is 5.11 Å². The molecular weight excluding hydrogens is 274 g/mol. The summed E-state index contributed by atoms with van der Waals surface area (Å²) >= 11 is 0. The predicted octanol–water partition coefficient (Wildman–Crippen LogP) is 2.82. The number of aliphatic hydroxyl groups excluding tert-OH is 1. The van der Waals surface area contributed by atoms with Crippen molar-refractivity contribution in [3.05, 3.63) is 52.3 Å². The minimum atomic E-state index is 0.127. The van der Waals surface area contributed by atoms with Gasteiger partial charge in [0, 0.05) is 24.3 Å². The van der Waals surface area contributed by atoms with Gasteiger partial charge >= 0.3 is 0 Å². The molecule has 0 amide bonds. The average Bonchev–Trinajstić information content (AvgIpc) is 2.74. The monoisotopic (exact) mass is 301 g/mol. The molecule has 0 atom stereocenters. The molecule has 0 fully saturated rings. The van der Waals surface area contributed by atoms with Crippen LogP contribution in [0.4, 0.5) is 0 Å². The summed E-state index contributed by atoms with van der Waals surface area (Å²) in [6.07, 6.45) is 0. The normalized spacial score (nSPS) is 11.4. The second-order valence-corrected chi connectivity index (χ2v) is 5.89. The second kappa shape index (κ2) is 7.56. The third-order valence-electron chi connectivity index (χ3n) is 4.16. The highest BCUT2D eigenvalue weighted by molar-refractivity contribution is 5.25. The van der Waals surface area contributed by atoms with Crippen LogP contribution in [0, 0.1) is 20.8 Å². The van der Waals surface area contributed by atoms with Gasteiger partial charge in [-0.2, -0.15) is 5.10 Å². The number of aliphatic hydroxyl groups is 1. The van der Waals surface area contributed by atoms with Gasteiger partial charge in [-0.25, -0.2) is 0 Å². The molecule has 0 aliphatic heterocycles. The first-order valence-electron chi connectivity index (χ1n) is 7.96. The van der Waals surface area contributed by atoms with Crippen molar-refractivity contribution in [1.82, 2.24) is 14.7 Å². The number of aryl methyl sites for hydroxylation is 2. The first kappa shape index (κ1) is 16.7. The largest absolute Gasteiger partial charge is 0.394 e. The molecule has 1 N–H and O–H groups in total. The Bertz CT molecular complexity index is 619. The molecule has 22 heavy (non-hydrogen) atoms. The zero-order chi connectivity index (χ0) is 16.1. The fourth-order valence-electron chi connectivity index (χ4n) is 2.85. The van der Waals surface area contributed by atoms with Gasteiger partial charge in [-0.1, -0.05) is 36.8 Å². The molecule has 0 unspecified atom stereocenters.